The Morgan fingerprint density at radius 1 is 0.792 bits per heavy atom. The van der Waals surface area contributed by atoms with Crippen LogP contribution in [-0.4, -0.2) is 7.40 Å². The van der Waals surface area contributed by atoms with Crippen molar-refractivity contribution in [2.75, 3.05) is 0 Å². The summed E-state index contributed by atoms with van der Waals surface area (Å²) in [5, 5.41) is 35.0. The maximum absolute atomic E-state index is 9.89. The molecule has 0 fully saturated rings. The van der Waals surface area contributed by atoms with Crippen LogP contribution in [0.1, 0.15) is 0 Å². The van der Waals surface area contributed by atoms with Crippen molar-refractivity contribution in [3.05, 3.63) is 66.4 Å². The van der Waals surface area contributed by atoms with Crippen LogP contribution in [0.4, 0.5) is 15.7 Å². The van der Waals surface area contributed by atoms with E-state index in [1.807, 2.05) is 0 Å². The molecule has 0 aromatic heterocycles. The third-order valence-corrected chi connectivity index (χ3v) is 3.11. The number of nitrogens with zero attached hydrogens (tertiary/aromatic N) is 4. The third-order valence-electron chi connectivity index (χ3n) is 2.03. The first-order valence-corrected chi connectivity index (χ1v) is 7.28. The van der Waals surface area contributed by atoms with E-state index in [1.165, 1.54) is 24.3 Å². The first kappa shape index (κ1) is 22.4. The lowest BCUT2D eigenvalue weighted by Crippen LogP contribution is -2.39. The molecule has 0 amide bonds. The number of hydrogen-bond donors (Lipinski definition) is 0. The zero-order valence-electron chi connectivity index (χ0n) is 11.5. The molecular formula is C12H6BCl4FN4O2. The van der Waals surface area contributed by atoms with E-state index in [0.29, 0.717) is 31.5 Å². The molecule has 0 heterocycles. The summed E-state index contributed by atoms with van der Waals surface area (Å²) in [6.45, 7) is 0. The lowest BCUT2D eigenvalue weighted by atomic mass is 10.3. The summed E-state index contributed by atoms with van der Waals surface area (Å²) >= 11 is 22.3. The second-order valence-corrected chi connectivity index (χ2v) is 5.35. The molecule has 0 aliphatic rings. The van der Waals surface area contributed by atoms with Crippen LogP contribution in [0.25, 0.3) is 9.95 Å². The fraction of sp³-hybridized carbons (Fsp3) is 0. The summed E-state index contributed by atoms with van der Waals surface area (Å²) in [4.78, 5) is 5.84. The molecule has 0 aliphatic heterocycles. The molecule has 0 radical (unpaired) electrons. The Morgan fingerprint density at radius 3 is 1.29 bits per heavy atom. The van der Waals surface area contributed by atoms with E-state index in [4.69, 9.17) is 67.2 Å². The van der Waals surface area contributed by atoms with Crippen LogP contribution in [0, 0.1) is 10.8 Å². The molecule has 24 heavy (non-hydrogen) atoms. The Bertz CT molecular complexity index is 703. The van der Waals surface area contributed by atoms with E-state index < -0.39 is 7.40 Å². The number of benzene rings is 2. The fourth-order valence-corrected chi connectivity index (χ4v) is 2.02. The normalized spacial score (nSPS) is 8.54. The highest BCUT2D eigenvalue weighted by Crippen LogP contribution is 2.28. The first-order valence-electron chi connectivity index (χ1n) is 5.77. The zero-order chi connectivity index (χ0) is 18.7. The van der Waals surface area contributed by atoms with Crippen molar-refractivity contribution < 1.29 is 14.4 Å². The summed E-state index contributed by atoms with van der Waals surface area (Å²) in [5.41, 5.74) is 0.650. The molecule has 0 spiro atoms. The minimum Gasteiger partial charge on any atom is -0.867 e. The van der Waals surface area contributed by atoms with Crippen molar-refractivity contribution in [2.45, 2.75) is 0 Å². The fourth-order valence-electron chi connectivity index (χ4n) is 1.12. The highest BCUT2D eigenvalue weighted by molar-refractivity contribution is 6.36. The van der Waals surface area contributed by atoms with E-state index >= 15 is 0 Å². The second kappa shape index (κ2) is 11.8. The van der Waals surface area contributed by atoms with Gasteiger partial charge < -0.3 is 14.4 Å². The van der Waals surface area contributed by atoms with E-state index in [9.17, 15) is 4.32 Å². The van der Waals surface area contributed by atoms with Crippen LogP contribution in [0.15, 0.2) is 36.4 Å². The Balaban J connectivity index is 0.000000363. The predicted molar refractivity (Wildman–Crippen MR) is 89.3 cm³/mol. The molecule has 12 heteroatoms. The van der Waals surface area contributed by atoms with E-state index in [-0.39, 0.29) is 0 Å². The molecule has 124 valence electrons. The molecule has 2 rings (SSSR count). The zero-order valence-corrected chi connectivity index (χ0v) is 14.6. The van der Waals surface area contributed by atoms with Crippen LogP contribution in [0.3, 0.4) is 0 Å². The summed E-state index contributed by atoms with van der Waals surface area (Å²) in [5.74, 6) is 0. The number of rotatable bonds is 0. The molecule has 0 saturated carbocycles. The number of diazo groups is 2. The largest absolute Gasteiger partial charge is 0.867 e. The average molecular weight is 410 g/mol. The lowest BCUT2D eigenvalue weighted by Gasteiger charge is -2.09. The van der Waals surface area contributed by atoms with Crippen LogP contribution in [0.2, 0.25) is 20.1 Å². The van der Waals surface area contributed by atoms with Crippen molar-refractivity contribution in [1.29, 1.82) is 10.8 Å². The molecule has 0 atom stereocenters. The topological polar surface area (TPSA) is 102 Å². The Labute approximate surface area is 156 Å². The highest BCUT2D eigenvalue weighted by Gasteiger charge is 2.10. The molecule has 0 bridgehead atoms. The minimum atomic E-state index is -3.17. The van der Waals surface area contributed by atoms with Crippen molar-refractivity contribution >= 4 is 65.2 Å². The molecule has 0 aliphatic carbocycles. The van der Waals surface area contributed by atoms with Gasteiger partial charge in [-0.3, -0.25) is 0 Å². The maximum atomic E-state index is 9.89. The highest BCUT2D eigenvalue weighted by atomic mass is 35.5. The standard InChI is InChI=1S/2C6H3Cl2N2.BFO2/c2*7-4-1-2-6(10-9)5(8)3-4;2-1(3)4/h2*1-3H;/q2*+1;-2. The third kappa shape index (κ3) is 9.48. The van der Waals surface area contributed by atoms with Gasteiger partial charge in [0.25, 0.3) is 0 Å². The quantitative estimate of drug-likeness (QED) is 0.467. The van der Waals surface area contributed by atoms with E-state index in [2.05, 4.69) is 9.95 Å². The molecule has 6 nitrogen and oxygen atoms in total. The Morgan fingerprint density at radius 2 is 1.08 bits per heavy atom. The van der Waals surface area contributed by atoms with Gasteiger partial charge in [-0.25, -0.2) is 0 Å². The van der Waals surface area contributed by atoms with Crippen molar-refractivity contribution in [3.63, 3.8) is 0 Å². The van der Waals surface area contributed by atoms with Gasteiger partial charge in [0.1, 0.15) is 17.4 Å². The summed E-state index contributed by atoms with van der Waals surface area (Å²) < 4.78 is 9.89. The van der Waals surface area contributed by atoms with Gasteiger partial charge in [-0.15, -0.1) is 0 Å². The summed E-state index contributed by atoms with van der Waals surface area (Å²) in [7, 11) is -3.17. The van der Waals surface area contributed by atoms with E-state index in [0.717, 1.165) is 0 Å². The average Bonchev–Trinajstić information content (AvgIpc) is 2.47. The predicted octanol–water partition coefficient (Wildman–Crippen LogP) is 4.62. The molecule has 0 saturated heterocycles. The van der Waals surface area contributed by atoms with Crippen molar-refractivity contribution in [3.8, 4) is 0 Å². The smallest absolute Gasteiger partial charge is 0.403 e. The maximum Gasteiger partial charge on any atom is 0.403 e. The van der Waals surface area contributed by atoms with Gasteiger partial charge in [0, 0.05) is 22.2 Å². The molecule has 0 N–H and O–H groups in total. The summed E-state index contributed by atoms with van der Waals surface area (Å²) in [6.07, 6.45) is 0. The number of hydrogen-bond acceptors (Lipinski definition) is 4. The lowest BCUT2D eigenvalue weighted by molar-refractivity contribution is -0.366. The van der Waals surface area contributed by atoms with Gasteiger partial charge in [-0.05, 0) is 24.3 Å². The molecule has 2 aromatic carbocycles. The Kier molecular flexibility index (Phi) is 11.0. The van der Waals surface area contributed by atoms with Crippen LogP contribution < -0.4 is 10.0 Å². The van der Waals surface area contributed by atoms with Gasteiger partial charge in [-0.2, -0.15) is 0 Å². The van der Waals surface area contributed by atoms with Crippen molar-refractivity contribution in [1.82, 2.24) is 0 Å². The molecular weight excluding hydrogens is 404 g/mol. The Hall–Kier alpha value is -1.65. The summed E-state index contributed by atoms with van der Waals surface area (Å²) in [6, 6.07) is 9.29. The van der Waals surface area contributed by atoms with Gasteiger partial charge >= 0.3 is 11.4 Å². The van der Waals surface area contributed by atoms with Gasteiger partial charge in [0.05, 0.1) is 0 Å². The number of halogens is 5. The first-order chi connectivity index (χ1) is 11.2. The van der Waals surface area contributed by atoms with Gasteiger partial charge in [-0.1, -0.05) is 46.4 Å². The minimum absolute atomic E-state index is 0.325. The van der Waals surface area contributed by atoms with Crippen LogP contribution in [0.5, 0.6) is 0 Å². The second-order valence-electron chi connectivity index (χ2n) is 3.67. The monoisotopic (exact) mass is 408 g/mol. The van der Waals surface area contributed by atoms with E-state index in [1.54, 1.807) is 12.1 Å². The van der Waals surface area contributed by atoms with Gasteiger partial charge in [0.15, 0.2) is 9.95 Å². The van der Waals surface area contributed by atoms with Crippen molar-refractivity contribution in [2.24, 2.45) is 0 Å². The molecule has 0 unspecified atom stereocenters. The van der Waals surface area contributed by atoms with Crippen LogP contribution >= 0.6 is 46.4 Å². The SMILES string of the molecule is N#[N+]c1ccc(Cl)cc1Cl.N#[N+]c1ccc(Cl)cc1Cl.[O-]B([O-])F. The van der Waals surface area contributed by atoms with Gasteiger partial charge in [0.2, 0.25) is 10.8 Å². The molecule has 2 aromatic rings. The van der Waals surface area contributed by atoms with Crippen LogP contribution in [-0.2, 0) is 0 Å².